The topological polar surface area (TPSA) is 85.6 Å². The number of ether oxygens (including phenoxy) is 2. The molecule has 0 aliphatic heterocycles. The number of aryl methyl sites for hydroxylation is 1. The first kappa shape index (κ1) is 21.5. The summed E-state index contributed by atoms with van der Waals surface area (Å²) in [6.45, 7) is 0.322. The number of rotatable bonds is 7. The van der Waals surface area contributed by atoms with Gasteiger partial charge in [0.05, 0.1) is 46.1 Å². The molecule has 1 aromatic heterocycles. The minimum absolute atomic E-state index is 0.0444. The van der Waals surface area contributed by atoms with Gasteiger partial charge >= 0.3 is 5.97 Å². The molecule has 0 aliphatic rings. The second-order valence-corrected chi connectivity index (χ2v) is 7.26. The van der Waals surface area contributed by atoms with E-state index in [4.69, 9.17) is 44.3 Å². The maximum absolute atomic E-state index is 12.3. The summed E-state index contributed by atoms with van der Waals surface area (Å²) in [4.78, 5) is 16.8. The molecule has 0 aliphatic carbocycles. The molecule has 2 N–H and O–H groups in total. The van der Waals surface area contributed by atoms with E-state index in [2.05, 4.69) is 10.3 Å². The van der Waals surface area contributed by atoms with Crippen molar-refractivity contribution in [2.45, 2.75) is 13.0 Å². The van der Waals surface area contributed by atoms with E-state index in [1.807, 2.05) is 0 Å². The van der Waals surface area contributed by atoms with E-state index in [1.165, 1.54) is 14.2 Å². The van der Waals surface area contributed by atoms with Gasteiger partial charge in [-0.1, -0.05) is 34.8 Å². The maximum Gasteiger partial charge on any atom is 0.340 e. The highest BCUT2D eigenvalue weighted by Gasteiger charge is 2.22. The molecule has 3 rings (SSSR count). The zero-order chi connectivity index (χ0) is 21.1. The molecular weight excluding hydrogens is 441 g/mol. The number of fused-ring (bicyclic) bond motifs is 1. The van der Waals surface area contributed by atoms with Crippen LogP contribution >= 0.6 is 34.8 Å². The summed E-state index contributed by atoms with van der Waals surface area (Å²) in [5.41, 5.74) is 1.62. The van der Waals surface area contributed by atoms with Crippen LogP contribution in [0.5, 0.6) is 5.75 Å². The van der Waals surface area contributed by atoms with Crippen LogP contribution in [0.2, 0.25) is 15.1 Å². The van der Waals surface area contributed by atoms with Crippen molar-refractivity contribution in [2.75, 3.05) is 26.1 Å². The van der Waals surface area contributed by atoms with Crippen molar-refractivity contribution >= 4 is 63.4 Å². The van der Waals surface area contributed by atoms with Crippen molar-refractivity contribution in [3.8, 4) is 5.75 Å². The number of anilines is 2. The zero-order valence-corrected chi connectivity index (χ0v) is 17.9. The molecule has 0 saturated heterocycles. The number of nitrogens with one attached hydrogen (secondary N) is 1. The number of imidazole rings is 1. The predicted molar refractivity (Wildman–Crippen MR) is 114 cm³/mol. The van der Waals surface area contributed by atoms with Crippen LogP contribution in [-0.4, -0.2) is 41.5 Å². The van der Waals surface area contributed by atoms with Crippen molar-refractivity contribution in [1.82, 2.24) is 9.55 Å². The van der Waals surface area contributed by atoms with E-state index in [9.17, 15) is 9.90 Å². The summed E-state index contributed by atoms with van der Waals surface area (Å²) in [6, 6.07) is 6.38. The van der Waals surface area contributed by atoms with Crippen LogP contribution < -0.4 is 10.1 Å². The molecule has 29 heavy (non-hydrogen) atoms. The number of methoxy groups -OCH3 is 2. The average molecular weight is 459 g/mol. The van der Waals surface area contributed by atoms with Crippen LogP contribution in [0.4, 0.5) is 11.6 Å². The first-order valence-electron chi connectivity index (χ1n) is 8.59. The Hall–Kier alpha value is -2.19. The van der Waals surface area contributed by atoms with Gasteiger partial charge in [-0.15, -0.1) is 0 Å². The summed E-state index contributed by atoms with van der Waals surface area (Å²) in [5.74, 6) is 0.347. The third-order valence-corrected chi connectivity index (χ3v) is 5.18. The molecule has 1 heterocycles. The number of nitrogens with zero attached hydrogens (tertiary/aromatic N) is 2. The van der Waals surface area contributed by atoms with Crippen molar-refractivity contribution < 1.29 is 19.4 Å². The Kier molecular flexibility index (Phi) is 6.74. The van der Waals surface area contributed by atoms with Crippen LogP contribution in [0.15, 0.2) is 24.3 Å². The van der Waals surface area contributed by atoms with Crippen molar-refractivity contribution in [3.63, 3.8) is 0 Å². The lowest BCUT2D eigenvalue weighted by atomic mass is 10.2. The third-order valence-electron chi connectivity index (χ3n) is 4.28. The minimum atomic E-state index is -0.524. The van der Waals surface area contributed by atoms with Gasteiger partial charge in [0.2, 0.25) is 5.95 Å². The van der Waals surface area contributed by atoms with Gasteiger partial charge in [0.15, 0.2) is 0 Å². The molecule has 0 spiro atoms. The lowest BCUT2D eigenvalue weighted by Gasteiger charge is -2.14. The van der Waals surface area contributed by atoms with Gasteiger partial charge in [-0.2, -0.15) is 0 Å². The zero-order valence-electron chi connectivity index (χ0n) is 15.6. The van der Waals surface area contributed by atoms with E-state index in [0.29, 0.717) is 62.0 Å². The summed E-state index contributed by atoms with van der Waals surface area (Å²) in [5, 5.41) is 13.4. The first-order valence-corrected chi connectivity index (χ1v) is 9.72. The number of hydrogen-bond donors (Lipinski definition) is 2. The Morgan fingerprint density at radius 1 is 1.17 bits per heavy atom. The number of carbonyl (C=O) groups is 1. The summed E-state index contributed by atoms with van der Waals surface area (Å²) < 4.78 is 11.8. The Morgan fingerprint density at radius 2 is 1.86 bits per heavy atom. The molecule has 3 aromatic rings. The molecule has 0 saturated carbocycles. The molecule has 0 atom stereocenters. The fourth-order valence-corrected chi connectivity index (χ4v) is 3.68. The number of aromatic nitrogens is 2. The van der Waals surface area contributed by atoms with E-state index in [1.54, 1.807) is 28.8 Å². The van der Waals surface area contributed by atoms with Gasteiger partial charge in [0, 0.05) is 25.3 Å². The SMILES string of the molecule is COC(=O)c1ccc(Cl)c2nc(Nc3c(Cl)cc(OC)cc3Cl)n(CCCO)c12. The lowest BCUT2D eigenvalue weighted by Crippen LogP contribution is -2.09. The Morgan fingerprint density at radius 3 is 2.45 bits per heavy atom. The largest absolute Gasteiger partial charge is 0.497 e. The van der Waals surface area contributed by atoms with Crippen LogP contribution in [0.3, 0.4) is 0 Å². The van der Waals surface area contributed by atoms with E-state index < -0.39 is 5.97 Å². The first-order chi connectivity index (χ1) is 13.9. The van der Waals surface area contributed by atoms with Crippen LogP contribution in [0.1, 0.15) is 16.8 Å². The highest BCUT2D eigenvalue weighted by Crippen LogP contribution is 2.38. The Labute approximate surface area is 182 Å². The van der Waals surface area contributed by atoms with Crippen molar-refractivity contribution in [3.05, 3.63) is 44.9 Å². The number of carbonyl (C=O) groups excluding carboxylic acids is 1. The summed E-state index contributed by atoms with van der Waals surface area (Å²) in [6.07, 6.45) is 0.428. The number of esters is 1. The van der Waals surface area contributed by atoms with Gasteiger partial charge in [-0.25, -0.2) is 9.78 Å². The van der Waals surface area contributed by atoms with Gasteiger partial charge in [0.1, 0.15) is 11.3 Å². The molecule has 2 aromatic carbocycles. The second kappa shape index (κ2) is 9.09. The van der Waals surface area contributed by atoms with E-state index in [0.717, 1.165) is 0 Å². The van der Waals surface area contributed by atoms with Crippen LogP contribution in [0.25, 0.3) is 11.0 Å². The fraction of sp³-hybridized carbons (Fsp3) is 0.263. The average Bonchev–Trinajstić information content (AvgIpc) is 3.07. The monoisotopic (exact) mass is 457 g/mol. The van der Waals surface area contributed by atoms with Crippen molar-refractivity contribution in [2.24, 2.45) is 0 Å². The van der Waals surface area contributed by atoms with Gasteiger partial charge in [0.25, 0.3) is 0 Å². The van der Waals surface area contributed by atoms with E-state index in [-0.39, 0.29) is 6.61 Å². The predicted octanol–water partition coefficient (Wildman–Crippen LogP) is 4.92. The second-order valence-electron chi connectivity index (χ2n) is 6.04. The standard InChI is InChI=1S/C19H18Cl3N3O4/c1-28-10-8-13(21)15(14(22)9-10)23-19-24-16-12(20)5-4-11(18(27)29-2)17(16)25(19)6-3-7-26/h4-5,8-9,26H,3,6-7H2,1-2H3,(H,23,24). The molecule has 7 nitrogen and oxygen atoms in total. The molecular formula is C19H18Cl3N3O4. The normalized spacial score (nSPS) is 11.0. The molecule has 0 fully saturated rings. The highest BCUT2D eigenvalue weighted by molar-refractivity contribution is 6.39. The molecule has 0 amide bonds. The van der Waals surface area contributed by atoms with Gasteiger partial charge in [-0.05, 0) is 18.6 Å². The summed E-state index contributed by atoms with van der Waals surface area (Å²) >= 11 is 19.0. The third kappa shape index (κ3) is 4.23. The number of aliphatic hydroxyl groups is 1. The number of aliphatic hydroxyl groups excluding tert-OH is 1. The molecule has 10 heteroatoms. The van der Waals surface area contributed by atoms with Gasteiger partial charge < -0.3 is 24.5 Å². The number of halogens is 3. The highest BCUT2D eigenvalue weighted by atomic mass is 35.5. The quantitative estimate of drug-likeness (QED) is 0.489. The molecule has 0 radical (unpaired) electrons. The molecule has 0 unspecified atom stereocenters. The minimum Gasteiger partial charge on any atom is -0.497 e. The Balaban J connectivity index is 2.20. The summed E-state index contributed by atoms with van der Waals surface area (Å²) in [7, 11) is 2.81. The molecule has 0 bridgehead atoms. The van der Waals surface area contributed by atoms with Crippen LogP contribution in [0, 0.1) is 0 Å². The maximum atomic E-state index is 12.3. The Bertz CT molecular complexity index is 1050. The van der Waals surface area contributed by atoms with Gasteiger partial charge in [-0.3, -0.25) is 0 Å². The molecule has 154 valence electrons. The number of hydrogen-bond acceptors (Lipinski definition) is 6. The van der Waals surface area contributed by atoms with E-state index >= 15 is 0 Å². The smallest absolute Gasteiger partial charge is 0.340 e. The van der Waals surface area contributed by atoms with Crippen molar-refractivity contribution in [1.29, 1.82) is 0 Å². The number of benzene rings is 2. The lowest BCUT2D eigenvalue weighted by molar-refractivity contribution is 0.0602. The van der Waals surface area contributed by atoms with Crippen LogP contribution in [-0.2, 0) is 11.3 Å². The fourth-order valence-electron chi connectivity index (χ4n) is 2.92.